The van der Waals surface area contributed by atoms with Crippen LogP contribution in [0.1, 0.15) is 32.3 Å². The predicted molar refractivity (Wildman–Crippen MR) is 91.1 cm³/mol. The maximum Gasteiger partial charge on any atom is 0.163 e. The molecule has 4 heteroatoms. The lowest BCUT2D eigenvalue weighted by Crippen LogP contribution is -2.02. The first kappa shape index (κ1) is 14.0. The average molecular weight is 297 g/mol. The molecule has 0 spiro atoms. The summed E-state index contributed by atoms with van der Waals surface area (Å²) < 4.78 is 0. The molecule has 108 valence electrons. The fourth-order valence-corrected chi connectivity index (χ4v) is 3.07. The van der Waals surface area contributed by atoms with Crippen molar-refractivity contribution in [3.63, 3.8) is 0 Å². The summed E-state index contributed by atoms with van der Waals surface area (Å²) in [5, 5.41) is 6.49. The third-order valence-corrected chi connectivity index (χ3v) is 4.31. The Labute approximate surface area is 129 Å². The van der Waals surface area contributed by atoms with Gasteiger partial charge in [-0.05, 0) is 29.9 Å². The number of rotatable bonds is 4. The van der Waals surface area contributed by atoms with Crippen molar-refractivity contribution in [1.82, 2.24) is 9.97 Å². The standard InChI is InChI=1S/C17H19N3S/c1-4-18-16-14-9-10-21-17(14)20-15(19-16)13-7-5-12(6-8-13)11(2)3/h5-11H,4H2,1-3H3,(H,18,19,20). The number of aromatic nitrogens is 2. The minimum absolute atomic E-state index is 0.539. The monoisotopic (exact) mass is 297 g/mol. The first-order valence-corrected chi connectivity index (χ1v) is 8.16. The molecule has 0 aliphatic carbocycles. The van der Waals surface area contributed by atoms with E-state index in [1.54, 1.807) is 11.3 Å². The lowest BCUT2D eigenvalue weighted by molar-refractivity contribution is 0.867. The number of nitrogens with one attached hydrogen (secondary N) is 1. The van der Waals surface area contributed by atoms with Crippen LogP contribution in [0.5, 0.6) is 0 Å². The van der Waals surface area contributed by atoms with Gasteiger partial charge in [-0.15, -0.1) is 11.3 Å². The van der Waals surface area contributed by atoms with Crippen LogP contribution in [0.25, 0.3) is 21.6 Å². The van der Waals surface area contributed by atoms with Crippen molar-refractivity contribution in [2.75, 3.05) is 11.9 Å². The topological polar surface area (TPSA) is 37.8 Å². The van der Waals surface area contributed by atoms with Gasteiger partial charge in [0, 0.05) is 12.1 Å². The largest absolute Gasteiger partial charge is 0.370 e. The second-order valence-corrected chi connectivity index (χ2v) is 6.24. The van der Waals surface area contributed by atoms with Crippen LogP contribution in [0, 0.1) is 0 Å². The molecule has 0 fully saturated rings. The van der Waals surface area contributed by atoms with Gasteiger partial charge in [-0.1, -0.05) is 38.1 Å². The van der Waals surface area contributed by atoms with Gasteiger partial charge in [0.1, 0.15) is 10.6 Å². The Hall–Kier alpha value is -1.94. The molecule has 0 aliphatic heterocycles. The summed E-state index contributed by atoms with van der Waals surface area (Å²) in [6.07, 6.45) is 0. The summed E-state index contributed by atoms with van der Waals surface area (Å²) in [5.41, 5.74) is 2.40. The highest BCUT2D eigenvalue weighted by molar-refractivity contribution is 7.16. The molecular weight excluding hydrogens is 278 g/mol. The van der Waals surface area contributed by atoms with Gasteiger partial charge in [0.05, 0.1) is 5.39 Å². The summed E-state index contributed by atoms with van der Waals surface area (Å²) in [6, 6.07) is 10.6. The fourth-order valence-electron chi connectivity index (χ4n) is 2.30. The Bertz CT molecular complexity index is 744. The van der Waals surface area contributed by atoms with Gasteiger partial charge in [0.2, 0.25) is 0 Å². The van der Waals surface area contributed by atoms with Crippen molar-refractivity contribution in [2.45, 2.75) is 26.7 Å². The highest BCUT2D eigenvalue weighted by Crippen LogP contribution is 2.29. The molecule has 0 aliphatic rings. The SMILES string of the molecule is CCNc1nc(-c2ccc(C(C)C)cc2)nc2sccc12. The predicted octanol–water partition coefficient (Wildman–Crippen LogP) is 4.91. The molecular formula is C17H19N3S. The number of hydrogen-bond donors (Lipinski definition) is 1. The van der Waals surface area contributed by atoms with Crippen molar-refractivity contribution >= 4 is 27.4 Å². The minimum Gasteiger partial charge on any atom is -0.370 e. The molecule has 3 nitrogen and oxygen atoms in total. The van der Waals surface area contributed by atoms with Crippen LogP contribution in [0.15, 0.2) is 35.7 Å². The van der Waals surface area contributed by atoms with Crippen LogP contribution in [-0.2, 0) is 0 Å². The van der Waals surface area contributed by atoms with Crippen molar-refractivity contribution in [2.24, 2.45) is 0 Å². The van der Waals surface area contributed by atoms with Crippen molar-refractivity contribution in [3.8, 4) is 11.4 Å². The van der Waals surface area contributed by atoms with Crippen LogP contribution >= 0.6 is 11.3 Å². The Kier molecular flexibility index (Phi) is 3.88. The van der Waals surface area contributed by atoms with Crippen molar-refractivity contribution in [3.05, 3.63) is 41.3 Å². The highest BCUT2D eigenvalue weighted by Gasteiger charge is 2.10. The molecule has 21 heavy (non-hydrogen) atoms. The first-order chi connectivity index (χ1) is 10.2. The van der Waals surface area contributed by atoms with E-state index < -0.39 is 0 Å². The Morgan fingerprint density at radius 2 is 1.86 bits per heavy atom. The highest BCUT2D eigenvalue weighted by atomic mass is 32.1. The van der Waals surface area contributed by atoms with E-state index in [9.17, 15) is 0 Å². The first-order valence-electron chi connectivity index (χ1n) is 7.28. The van der Waals surface area contributed by atoms with Crippen LogP contribution in [-0.4, -0.2) is 16.5 Å². The molecule has 0 atom stereocenters. The normalized spacial score (nSPS) is 11.2. The van der Waals surface area contributed by atoms with Gasteiger partial charge in [-0.25, -0.2) is 9.97 Å². The molecule has 1 aromatic carbocycles. The van der Waals surface area contributed by atoms with E-state index in [2.05, 4.69) is 61.8 Å². The summed E-state index contributed by atoms with van der Waals surface area (Å²) in [7, 11) is 0. The molecule has 0 radical (unpaired) electrons. The van der Waals surface area contributed by atoms with Crippen LogP contribution in [0.3, 0.4) is 0 Å². The Morgan fingerprint density at radius 1 is 1.10 bits per heavy atom. The average Bonchev–Trinajstić information content (AvgIpc) is 2.96. The van der Waals surface area contributed by atoms with Crippen LogP contribution < -0.4 is 5.32 Å². The van der Waals surface area contributed by atoms with E-state index in [0.717, 1.165) is 34.0 Å². The summed E-state index contributed by atoms with van der Waals surface area (Å²) in [5.74, 6) is 2.25. The van der Waals surface area contributed by atoms with Crippen molar-refractivity contribution in [1.29, 1.82) is 0 Å². The fraction of sp³-hybridized carbons (Fsp3) is 0.294. The maximum atomic E-state index is 4.69. The summed E-state index contributed by atoms with van der Waals surface area (Å²) in [4.78, 5) is 10.4. The van der Waals surface area contributed by atoms with E-state index in [4.69, 9.17) is 9.97 Å². The van der Waals surface area contributed by atoms with Crippen LogP contribution in [0.2, 0.25) is 0 Å². The van der Waals surface area contributed by atoms with Gasteiger partial charge >= 0.3 is 0 Å². The van der Waals surface area contributed by atoms with E-state index in [1.807, 2.05) is 0 Å². The van der Waals surface area contributed by atoms with Gasteiger partial charge in [-0.3, -0.25) is 0 Å². The number of nitrogens with zero attached hydrogens (tertiary/aromatic N) is 2. The van der Waals surface area contributed by atoms with Gasteiger partial charge in [0.25, 0.3) is 0 Å². The summed E-state index contributed by atoms with van der Waals surface area (Å²) >= 11 is 1.65. The second-order valence-electron chi connectivity index (χ2n) is 5.34. The molecule has 3 rings (SSSR count). The molecule has 2 heterocycles. The molecule has 2 aromatic heterocycles. The lowest BCUT2D eigenvalue weighted by Gasteiger charge is -2.09. The van der Waals surface area contributed by atoms with Crippen molar-refractivity contribution < 1.29 is 0 Å². The number of thiophene rings is 1. The molecule has 0 bridgehead atoms. The second kappa shape index (κ2) is 5.82. The molecule has 0 saturated heterocycles. The van der Waals surface area contributed by atoms with Gasteiger partial charge in [0.15, 0.2) is 5.82 Å². The lowest BCUT2D eigenvalue weighted by atomic mass is 10.0. The van der Waals surface area contributed by atoms with Gasteiger partial charge in [-0.2, -0.15) is 0 Å². The maximum absolute atomic E-state index is 4.69. The Balaban J connectivity index is 2.06. The molecule has 1 N–H and O–H groups in total. The van der Waals surface area contributed by atoms with E-state index >= 15 is 0 Å². The third kappa shape index (κ3) is 2.76. The van der Waals surface area contributed by atoms with Crippen LogP contribution in [0.4, 0.5) is 5.82 Å². The zero-order chi connectivity index (χ0) is 14.8. The number of fused-ring (bicyclic) bond motifs is 1. The molecule has 0 saturated carbocycles. The number of hydrogen-bond acceptors (Lipinski definition) is 4. The summed E-state index contributed by atoms with van der Waals surface area (Å²) in [6.45, 7) is 7.34. The van der Waals surface area contributed by atoms with E-state index in [1.165, 1.54) is 5.56 Å². The Morgan fingerprint density at radius 3 is 2.52 bits per heavy atom. The quantitative estimate of drug-likeness (QED) is 0.743. The van der Waals surface area contributed by atoms with E-state index in [0.29, 0.717) is 5.92 Å². The molecule has 0 unspecified atom stereocenters. The van der Waals surface area contributed by atoms with E-state index in [-0.39, 0.29) is 0 Å². The minimum atomic E-state index is 0.539. The smallest absolute Gasteiger partial charge is 0.163 e. The molecule has 0 amide bonds. The zero-order valence-corrected chi connectivity index (χ0v) is 13.4. The van der Waals surface area contributed by atoms with Gasteiger partial charge < -0.3 is 5.32 Å². The number of anilines is 1. The number of benzene rings is 1. The third-order valence-electron chi connectivity index (χ3n) is 3.50. The molecule has 3 aromatic rings. The zero-order valence-electron chi connectivity index (χ0n) is 12.6.